The summed E-state index contributed by atoms with van der Waals surface area (Å²) in [6.07, 6.45) is 13.5. The molecule has 3 aliphatic carbocycles. The summed E-state index contributed by atoms with van der Waals surface area (Å²) in [5.41, 5.74) is 0. The van der Waals surface area contributed by atoms with Gasteiger partial charge < -0.3 is 20.7 Å². The van der Waals surface area contributed by atoms with E-state index in [1.54, 1.807) is 0 Å². The second-order valence-electron chi connectivity index (χ2n) is 11.4. The number of carbonyl (C=O) groups is 2. The van der Waals surface area contributed by atoms with Crippen molar-refractivity contribution < 1.29 is 14.3 Å². The SMILES string of the molecule is O=C(OCC1CCCCN1)C1CCC(C2CC2C(=O)NC2CCC3CNCCC3C2)CC1. The minimum Gasteiger partial charge on any atom is -0.464 e. The fourth-order valence-corrected chi connectivity index (χ4v) is 7.15. The van der Waals surface area contributed by atoms with Gasteiger partial charge in [0.25, 0.3) is 0 Å². The molecule has 32 heavy (non-hydrogen) atoms. The first-order chi connectivity index (χ1) is 15.7. The number of carbonyl (C=O) groups excluding carboxylic acids is 2. The highest BCUT2D eigenvalue weighted by Crippen LogP contribution is 2.50. The first-order valence-electron chi connectivity index (χ1n) is 13.6. The van der Waals surface area contributed by atoms with Crippen molar-refractivity contribution >= 4 is 11.9 Å². The molecular weight excluding hydrogens is 402 g/mol. The lowest BCUT2D eigenvalue weighted by atomic mass is 9.73. The zero-order valence-corrected chi connectivity index (χ0v) is 19.7. The van der Waals surface area contributed by atoms with Gasteiger partial charge in [0, 0.05) is 18.0 Å². The number of rotatable bonds is 6. The Morgan fingerprint density at radius 3 is 2.50 bits per heavy atom. The normalized spacial score (nSPS) is 41.9. The van der Waals surface area contributed by atoms with Crippen LogP contribution in [0.15, 0.2) is 0 Å². The summed E-state index contributed by atoms with van der Waals surface area (Å²) >= 11 is 0. The van der Waals surface area contributed by atoms with Crippen LogP contribution in [-0.2, 0) is 14.3 Å². The first kappa shape index (κ1) is 22.6. The van der Waals surface area contributed by atoms with Crippen LogP contribution in [-0.4, -0.2) is 50.2 Å². The third-order valence-electron chi connectivity index (χ3n) is 9.31. The lowest BCUT2D eigenvalue weighted by molar-refractivity contribution is -0.151. The highest BCUT2D eigenvalue weighted by molar-refractivity contribution is 5.82. The van der Waals surface area contributed by atoms with Crippen LogP contribution in [0.4, 0.5) is 0 Å². The van der Waals surface area contributed by atoms with Gasteiger partial charge in [-0.3, -0.25) is 9.59 Å². The van der Waals surface area contributed by atoms with Gasteiger partial charge in [-0.05, 0) is 114 Å². The van der Waals surface area contributed by atoms with E-state index in [2.05, 4.69) is 16.0 Å². The number of esters is 1. The standard InChI is InChI=1S/C26H43N3O3/c30-25(29-21-9-8-20-15-27-12-10-19(20)13-21)24-14-23(24)17-4-6-18(7-5-17)26(31)32-16-22-3-1-2-11-28-22/h17-24,27-28H,1-16H2,(H,29,30). The van der Waals surface area contributed by atoms with Crippen LogP contribution in [0.2, 0.25) is 0 Å². The molecule has 0 aromatic heterocycles. The van der Waals surface area contributed by atoms with Gasteiger partial charge in [0.2, 0.25) is 5.91 Å². The van der Waals surface area contributed by atoms with E-state index in [1.165, 1.54) is 38.6 Å². The molecule has 1 amide bonds. The van der Waals surface area contributed by atoms with Crippen molar-refractivity contribution in [3.8, 4) is 0 Å². The quantitative estimate of drug-likeness (QED) is 0.548. The van der Waals surface area contributed by atoms with Crippen LogP contribution in [0.25, 0.3) is 0 Å². The van der Waals surface area contributed by atoms with Gasteiger partial charge in [-0.1, -0.05) is 6.42 Å². The summed E-state index contributed by atoms with van der Waals surface area (Å²) in [6, 6.07) is 0.742. The van der Waals surface area contributed by atoms with Crippen molar-refractivity contribution in [3.05, 3.63) is 0 Å². The maximum absolute atomic E-state index is 12.9. The molecule has 5 aliphatic rings. The summed E-state index contributed by atoms with van der Waals surface area (Å²) in [7, 11) is 0. The summed E-state index contributed by atoms with van der Waals surface area (Å²) in [6.45, 7) is 3.88. The van der Waals surface area contributed by atoms with E-state index >= 15 is 0 Å². The maximum Gasteiger partial charge on any atom is 0.308 e. The molecule has 0 bridgehead atoms. The Hall–Kier alpha value is -1.14. The van der Waals surface area contributed by atoms with E-state index in [0.717, 1.165) is 69.9 Å². The fourth-order valence-electron chi connectivity index (χ4n) is 7.15. The van der Waals surface area contributed by atoms with E-state index in [9.17, 15) is 9.59 Å². The zero-order valence-electron chi connectivity index (χ0n) is 19.7. The molecule has 2 saturated heterocycles. The molecule has 6 heteroatoms. The predicted octanol–water partition coefficient (Wildman–Crippen LogP) is 3.01. The molecule has 0 spiro atoms. The Morgan fingerprint density at radius 2 is 1.69 bits per heavy atom. The molecule has 6 nitrogen and oxygen atoms in total. The van der Waals surface area contributed by atoms with Crippen molar-refractivity contribution in [2.24, 2.45) is 35.5 Å². The van der Waals surface area contributed by atoms with E-state index in [-0.39, 0.29) is 17.8 Å². The van der Waals surface area contributed by atoms with Gasteiger partial charge in [-0.2, -0.15) is 0 Å². The van der Waals surface area contributed by atoms with E-state index in [0.29, 0.717) is 36.4 Å². The monoisotopic (exact) mass is 445 g/mol. The van der Waals surface area contributed by atoms with Crippen molar-refractivity contribution in [3.63, 3.8) is 0 Å². The summed E-state index contributed by atoms with van der Waals surface area (Å²) < 4.78 is 5.64. The smallest absolute Gasteiger partial charge is 0.308 e. The van der Waals surface area contributed by atoms with Gasteiger partial charge >= 0.3 is 5.97 Å². The number of piperidine rings is 2. The Bertz CT molecular complexity index is 657. The molecule has 0 aromatic rings. The summed E-state index contributed by atoms with van der Waals surface area (Å²) in [5, 5.41) is 10.4. The third-order valence-corrected chi connectivity index (χ3v) is 9.31. The zero-order chi connectivity index (χ0) is 21.9. The lowest BCUT2D eigenvalue weighted by Gasteiger charge is -2.39. The Kier molecular flexibility index (Phi) is 7.37. The molecule has 5 rings (SSSR count). The van der Waals surface area contributed by atoms with Crippen LogP contribution in [0, 0.1) is 35.5 Å². The molecule has 2 aliphatic heterocycles. The molecule has 6 atom stereocenters. The number of hydrogen-bond donors (Lipinski definition) is 3. The molecule has 0 aromatic carbocycles. The summed E-state index contributed by atoms with van der Waals surface area (Å²) in [4.78, 5) is 25.4. The molecule has 3 N–H and O–H groups in total. The molecule has 180 valence electrons. The fraction of sp³-hybridized carbons (Fsp3) is 0.923. The largest absolute Gasteiger partial charge is 0.464 e. The molecule has 5 fully saturated rings. The third kappa shape index (κ3) is 5.49. The van der Waals surface area contributed by atoms with Gasteiger partial charge in [0.15, 0.2) is 0 Å². The van der Waals surface area contributed by atoms with Gasteiger partial charge in [-0.25, -0.2) is 0 Å². The second-order valence-corrected chi connectivity index (χ2v) is 11.4. The van der Waals surface area contributed by atoms with E-state index < -0.39 is 0 Å². The predicted molar refractivity (Wildman–Crippen MR) is 124 cm³/mol. The lowest BCUT2D eigenvalue weighted by Crippen LogP contribution is -2.46. The van der Waals surface area contributed by atoms with Crippen molar-refractivity contribution in [2.75, 3.05) is 26.2 Å². The van der Waals surface area contributed by atoms with Gasteiger partial charge in [-0.15, -0.1) is 0 Å². The van der Waals surface area contributed by atoms with Crippen molar-refractivity contribution in [1.29, 1.82) is 0 Å². The average molecular weight is 446 g/mol. The van der Waals surface area contributed by atoms with E-state index in [1.807, 2.05) is 0 Å². The van der Waals surface area contributed by atoms with E-state index in [4.69, 9.17) is 4.74 Å². The molecule has 0 radical (unpaired) electrons. The van der Waals surface area contributed by atoms with Gasteiger partial charge in [0.05, 0.1) is 5.92 Å². The van der Waals surface area contributed by atoms with Crippen LogP contribution in [0.5, 0.6) is 0 Å². The highest BCUT2D eigenvalue weighted by Gasteiger charge is 2.49. The number of fused-ring (bicyclic) bond motifs is 1. The Morgan fingerprint density at radius 1 is 0.844 bits per heavy atom. The number of amides is 1. The van der Waals surface area contributed by atoms with Crippen LogP contribution >= 0.6 is 0 Å². The van der Waals surface area contributed by atoms with Crippen molar-refractivity contribution in [2.45, 2.75) is 89.1 Å². The average Bonchev–Trinajstić information content (AvgIpc) is 3.64. The second kappa shape index (κ2) is 10.4. The summed E-state index contributed by atoms with van der Waals surface area (Å²) in [5.74, 6) is 3.42. The maximum atomic E-state index is 12.9. The van der Waals surface area contributed by atoms with Crippen LogP contribution < -0.4 is 16.0 Å². The minimum absolute atomic E-state index is 0.00873. The number of ether oxygens (including phenoxy) is 1. The first-order valence-corrected chi connectivity index (χ1v) is 13.6. The Balaban J connectivity index is 0.998. The van der Waals surface area contributed by atoms with Crippen LogP contribution in [0.3, 0.4) is 0 Å². The van der Waals surface area contributed by atoms with Crippen LogP contribution in [0.1, 0.15) is 77.0 Å². The topological polar surface area (TPSA) is 79.5 Å². The Labute approximate surface area is 193 Å². The molecular formula is C26H43N3O3. The highest BCUT2D eigenvalue weighted by atomic mass is 16.5. The minimum atomic E-state index is 0.00873. The number of hydrogen-bond acceptors (Lipinski definition) is 5. The van der Waals surface area contributed by atoms with Crippen molar-refractivity contribution in [1.82, 2.24) is 16.0 Å². The molecule has 6 unspecified atom stereocenters. The molecule has 2 heterocycles. The van der Waals surface area contributed by atoms with Gasteiger partial charge in [0.1, 0.15) is 6.61 Å². The number of nitrogens with one attached hydrogen (secondary N) is 3. The molecule has 3 saturated carbocycles.